The number of likely N-dealkylation sites (tertiary alicyclic amines) is 1. The Hall–Kier alpha value is -1.36. The molecule has 0 saturated carbocycles. The Kier molecular flexibility index (Phi) is 4.01. The number of rotatable bonds is 6. The fourth-order valence-corrected chi connectivity index (χ4v) is 2.41. The van der Waals surface area contributed by atoms with Crippen LogP contribution in [0.15, 0.2) is 12.3 Å². The zero-order chi connectivity index (χ0) is 13.1. The Balaban J connectivity index is 1.86. The largest absolute Gasteiger partial charge is 0.481 e. The summed E-state index contributed by atoms with van der Waals surface area (Å²) in [6.45, 7) is 6.39. The first kappa shape index (κ1) is 13.1. The van der Waals surface area contributed by atoms with E-state index in [1.807, 2.05) is 16.9 Å². The predicted octanol–water partition coefficient (Wildman–Crippen LogP) is 1.76. The summed E-state index contributed by atoms with van der Waals surface area (Å²) in [6, 6.07) is 2.51. The highest BCUT2D eigenvalue weighted by molar-refractivity contribution is 5.71. The van der Waals surface area contributed by atoms with Crippen molar-refractivity contribution in [3.8, 4) is 0 Å². The van der Waals surface area contributed by atoms with Crippen LogP contribution in [0.3, 0.4) is 0 Å². The van der Waals surface area contributed by atoms with Crippen molar-refractivity contribution in [2.45, 2.75) is 39.3 Å². The van der Waals surface area contributed by atoms with Gasteiger partial charge < -0.3 is 5.11 Å². The maximum atomic E-state index is 10.7. The maximum Gasteiger partial charge on any atom is 0.309 e. The van der Waals surface area contributed by atoms with Gasteiger partial charge in [0.15, 0.2) is 0 Å². The molecule has 0 atom stereocenters. The van der Waals surface area contributed by atoms with Crippen molar-refractivity contribution in [2.24, 2.45) is 5.92 Å². The molecule has 1 aromatic rings. The lowest BCUT2D eigenvalue weighted by molar-refractivity contribution is -0.147. The third kappa shape index (κ3) is 2.72. The van der Waals surface area contributed by atoms with Gasteiger partial charge in [0.1, 0.15) is 0 Å². The minimum atomic E-state index is -0.686. The van der Waals surface area contributed by atoms with E-state index in [0.29, 0.717) is 19.1 Å². The molecule has 1 saturated heterocycles. The van der Waals surface area contributed by atoms with E-state index in [9.17, 15) is 4.79 Å². The summed E-state index contributed by atoms with van der Waals surface area (Å²) < 4.78 is 2.03. The van der Waals surface area contributed by atoms with Crippen LogP contribution in [0.1, 0.15) is 38.4 Å². The van der Waals surface area contributed by atoms with E-state index in [1.165, 1.54) is 0 Å². The van der Waals surface area contributed by atoms with Gasteiger partial charge in [-0.3, -0.25) is 14.4 Å². The Morgan fingerprint density at radius 1 is 1.50 bits per heavy atom. The van der Waals surface area contributed by atoms with Gasteiger partial charge in [0.25, 0.3) is 0 Å². The quantitative estimate of drug-likeness (QED) is 0.837. The number of hydrogen-bond acceptors (Lipinski definition) is 3. The van der Waals surface area contributed by atoms with Crippen LogP contribution in [0.5, 0.6) is 0 Å². The molecule has 1 N–H and O–H groups in total. The van der Waals surface area contributed by atoms with Crippen LogP contribution in [-0.4, -0.2) is 38.8 Å². The second-order valence-corrected chi connectivity index (χ2v) is 4.99. The van der Waals surface area contributed by atoms with Crippen LogP contribution in [0.2, 0.25) is 0 Å². The molecule has 2 rings (SSSR count). The van der Waals surface area contributed by atoms with Gasteiger partial charge in [-0.05, 0) is 18.9 Å². The van der Waals surface area contributed by atoms with E-state index in [-0.39, 0.29) is 5.92 Å². The Morgan fingerprint density at radius 3 is 2.72 bits per heavy atom. The number of hydrogen-bond donors (Lipinski definition) is 1. The fraction of sp³-hybridized carbons (Fsp3) is 0.692. The first-order valence-corrected chi connectivity index (χ1v) is 6.63. The zero-order valence-electron chi connectivity index (χ0n) is 11.0. The number of aromatic nitrogens is 2. The number of carboxylic acid groups (broad SMARTS) is 1. The molecule has 0 bridgehead atoms. The Labute approximate surface area is 107 Å². The van der Waals surface area contributed by atoms with Gasteiger partial charge >= 0.3 is 5.97 Å². The molecule has 0 aliphatic carbocycles. The van der Waals surface area contributed by atoms with Crippen molar-refractivity contribution in [2.75, 3.05) is 13.1 Å². The second kappa shape index (κ2) is 5.52. The third-order valence-electron chi connectivity index (χ3n) is 3.67. The molecule has 5 heteroatoms. The van der Waals surface area contributed by atoms with E-state index in [4.69, 9.17) is 5.11 Å². The van der Waals surface area contributed by atoms with Crippen molar-refractivity contribution in [1.82, 2.24) is 14.7 Å². The minimum Gasteiger partial charge on any atom is -0.481 e. The Morgan fingerprint density at radius 2 is 2.17 bits per heavy atom. The Bertz CT molecular complexity index is 406. The van der Waals surface area contributed by atoms with Crippen LogP contribution in [0.4, 0.5) is 0 Å². The number of nitrogens with zero attached hydrogens (tertiary/aromatic N) is 3. The van der Waals surface area contributed by atoms with Crippen molar-refractivity contribution in [3.05, 3.63) is 18.0 Å². The van der Waals surface area contributed by atoms with E-state index in [0.717, 1.165) is 25.1 Å². The molecular formula is C13H21N3O2. The van der Waals surface area contributed by atoms with Crippen LogP contribution in [-0.2, 0) is 11.3 Å². The number of carbonyl (C=O) groups is 1. The van der Waals surface area contributed by atoms with Crippen molar-refractivity contribution < 1.29 is 9.90 Å². The van der Waals surface area contributed by atoms with Gasteiger partial charge in [0.2, 0.25) is 0 Å². The molecule has 1 aliphatic heterocycles. The molecule has 0 aromatic carbocycles. The predicted molar refractivity (Wildman–Crippen MR) is 68.2 cm³/mol. The number of aliphatic carboxylic acids is 1. The van der Waals surface area contributed by atoms with Crippen LogP contribution in [0, 0.1) is 5.92 Å². The molecule has 0 amide bonds. The molecule has 0 radical (unpaired) electrons. The molecule has 0 unspecified atom stereocenters. The highest BCUT2D eigenvalue weighted by Gasteiger charge is 2.32. The summed E-state index contributed by atoms with van der Waals surface area (Å²) in [5.74, 6) is -0.875. The van der Waals surface area contributed by atoms with Gasteiger partial charge in [-0.15, -0.1) is 0 Å². The standard InChI is InChI=1S/C13H21N3O2/c1-3-12(4-2)16-6-5-11(14-16)9-15-7-10(8-15)13(17)18/h5-6,10,12H,3-4,7-9H2,1-2H3,(H,17,18). The smallest absolute Gasteiger partial charge is 0.309 e. The van der Waals surface area contributed by atoms with Crippen LogP contribution >= 0.6 is 0 Å². The normalized spacial score (nSPS) is 17.1. The monoisotopic (exact) mass is 251 g/mol. The van der Waals surface area contributed by atoms with Crippen molar-refractivity contribution in [3.63, 3.8) is 0 Å². The lowest BCUT2D eigenvalue weighted by atomic mass is 10.0. The van der Waals surface area contributed by atoms with Gasteiger partial charge in [-0.2, -0.15) is 5.10 Å². The van der Waals surface area contributed by atoms with Crippen molar-refractivity contribution in [1.29, 1.82) is 0 Å². The third-order valence-corrected chi connectivity index (χ3v) is 3.67. The average Bonchev–Trinajstić information content (AvgIpc) is 2.73. The average molecular weight is 251 g/mol. The molecule has 5 nitrogen and oxygen atoms in total. The lowest BCUT2D eigenvalue weighted by Gasteiger charge is -2.35. The first-order valence-electron chi connectivity index (χ1n) is 6.63. The van der Waals surface area contributed by atoms with E-state index in [1.54, 1.807) is 0 Å². The van der Waals surface area contributed by atoms with Crippen LogP contribution < -0.4 is 0 Å². The molecular weight excluding hydrogens is 230 g/mol. The van der Waals surface area contributed by atoms with Gasteiger partial charge in [0, 0.05) is 25.8 Å². The summed E-state index contributed by atoms with van der Waals surface area (Å²) in [6.07, 6.45) is 4.20. The summed E-state index contributed by atoms with van der Waals surface area (Å²) in [7, 11) is 0. The molecule has 1 fully saturated rings. The summed E-state index contributed by atoms with van der Waals surface area (Å²) >= 11 is 0. The highest BCUT2D eigenvalue weighted by Crippen LogP contribution is 2.19. The van der Waals surface area contributed by atoms with Gasteiger partial charge in [-0.1, -0.05) is 13.8 Å². The van der Waals surface area contributed by atoms with E-state index in [2.05, 4.69) is 23.8 Å². The maximum absolute atomic E-state index is 10.7. The second-order valence-electron chi connectivity index (χ2n) is 4.99. The molecule has 100 valence electrons. The molecule has 1 aliphatic rings. The minimum absolute atomic E-state index is 0.189. The van der Waals surface area contributed by atoms with Gasteiger partial charge in [0.05, 0.1) is 17.7 Å². The summed E-state index contributed by atoms with van der Waals surface area (Å²) in [5, 5.41) is 13.4. The topological polar surface area (TPSA) is 58.4 Å². The van der Waals surface area contributed by atoms with E-state index >= 15 is 0 Å². The van der Waals surface area contributed by atoms with E-state index < -0.39 is 5.97 Å². The number of carboxylic acids is 1. The molecule has 2 heterocycles. The zero-order valence-corrected chi connectivity index (χ0v) is 11.0. The molecule has 18 heavy (non-hydrogen) atoms. The van der Waals surface area contributed by atoms with Gasteiger partial charge in [-0.25, -0.2) is 0 Å². The van der Waals surface area contributed by atoms with Crippen LogP contribution in [0.25, 0.3) is 0 Å². The molecule has 0 spiro atoms. The first-order chi connectivity index (χ1) is 8.63. The summed E-state index contributed by atoms with van der Waals surface area (Å²) in [5.41, 5.74) is 1.03. The van der Waals surface area contributed by atoms with Crippen molar-refractivity contribution >= 4 is 5.97 Å². The molecule has 1 aromatic heterocycles. The summed E-state index contributed by atoms with van der Waals surface area (Å²) in [4.78, 5) is 12.8. The fourth-order valence-electron chi connectivity index (χ4n) is 2.41. The highest BCUT2D eigenvalue weighted by atomic mass is 16.4. The lowest BCUT2D eigenvalue weighted by Crippen LogP contribution is -2.49. The SMILES string of the molecule is CCC(CC)n1ccc(CN2CC(C(=O)O)C2)n1.